The molecule has 0 spiro atoms. The number of hydrogen-bond donors (Lipinski definition) is 1. The number of aryl methyl sites for hydroxylation is 1. The van der Waals surface area contributed by atoms with Gasteiger partial charge in [0.05, 0.1) is 17.6 Å². The van der Waals surface area contributed by atoms with Gasteiger partial charge < -0.3 is 5.11 Å². The fourth-order valence-electron chi connectivity index (χ4n) is 2.72. The molecule has 1 unspecified atom stereocenters. The van der Waals surface area contributed by atoms with Crippen LogP contribution in [0.5, 0.6) is 0 Å². The first kappa shape index (κ1) is 18.6. The lowest BCUT2D eigenvalue weighted by molar-refractivity contribution is -0.00714. The summed E-state index contributed by atoms with van der Waals surface area (Å²) in [6.07, 6.45) is 4.73. The van der Waals surface area contributed by atoms with E-state index in [4.69, 9.17) is 7.85 Å². The molecule has 1 aliphatic rings. The van der Waals surface area contributed by atoms with Crippen molar-refractivity contribution in [2.24, 2.45) is 0 Å². The number of nitrogens with zero attached hydrogens (tertiary/aromatic N) is 1. The van der Waals surface area contributed by atoms with Crippen molar-refractivity contribution in [3.05, 3.63) is 47.2 Å². The van der Waals surface area contributed by atoms with Crippen LogP contribution < -0.4 is 0 Å². The van der Waals surface area contributed by atoms with Gasteiger partial charge in [0.25, 0.3) is 0 Å². The molecule has 1 N–H and O–H groups in total. The van der Waals surface area contributed by atoms with Gasteiger partial charge in [0.2, 0.25) is 0 Å². The lowest BCUT2D eigenvalue weighted by atomic mass is 9.73. The van der Waals surface area contributed by atoms with Gasteiger partial charge in [-0.25, -0.2) is 0 Å². The van der Waals surface area contributed by atoms with Gasteiger partial charge in [0.15, 0.2) is 8.46 Å². The Kier molecular flexibility index (Phi) is 7.52. The fraction of sp³-hybridized carbons (Fsp3) is 0.471. The zero-order valence-electron chi connectivity index (χ0n) is 13.0. The van der Waals surface area contributed by atoms with Crippen LogP contribution in [0.3, 0.4) is 0 Å². The Morgan fingerprint density at radius 2 is 1.86 bits per heavy atom. The van der Waals surface area contributed by atoms with Crippen LogP contribution in [-0.4, -0.2) is 18.6 Å². The molecule has 0 saturated heterocycles. The molecule has 1 aromatic carbocycles. The van der Waals surface area contributed by atoms with E-state index in [0.717, 1.165) is 31.2 Å². The van der Waals surface area contributed by atoms with E-state index in [1.54, 1.807) is 0 Å². The van der Waals surface area contributed by atoms with E-state index in [9.17, 15) is 14.9 Å². The summed E-state index contributed by atoms with van der Waals surface area (Å²) in [4.78, 5) is 0. The van der Waals surface area contributed by atoms with Crippen molar-refractivity contribution < 1.29 is 9.67 Å². The van der Waals surface area contributed by atoms with Crippen LogP contribution in [0.4, 0.5) is 0 Å². The highest BCUT2D eigenvalue weighted by molar-refractivity contribution is 7.32. The lowest BCUT2D eigenvalue weighted by Gasteiger charge is -2.36. The van der Waals surface area contributed by atoms with E-state index >= 15 is 0 Å². The maximum absolute atomic E-state index is 10.6. The molecule has 22 heavy (non-hydrogen) atoms. The summed E-state index contributed by atoms with van der Waals surface area (Å²) in [6, 6.07) is 10.2. The van der Waals surface area contributed by atoms with E-state index in [-0.39, 0.29) is 19.6 Å². The van der Waals surface area contributed by atoms with Crippen molar-refractivity contribution in [2.75, 3.05) is 0 Å². The van der Waals surface area contributed by atoms with Crippen molar-refractivity contribution in [2.45, 2.75) is 50.5 Å². The van der Waals surface area contributed by atoms with E-state index in [1.165, 1.54) is 12.0 Å². The van der Waals surface area contributed by atoms with Crippen molar-refractivity contribution in [3.63, 3.8) is 0 Å². The molecule has 1 atom stereocenters. The summed E-state index contributed by atoms with van der Waals surface area (Å²) >= 11 is 0. The normalized spacial score (nSPS) is 17.7. The van der Waals surface area contributed by atoms with Gasteiger partial charge in [0, 0.05) is 0 Å². The number of nitriles is 1. The largest absolute Gasteiger partial charge is 0.388 e. The third kappa shape index (κ3) is 5.41. The summed E-state index contributed by atoms with van der Waals surface area (Å²) in [6.45, 7) is 5.15. The van der Waals surface area contributed by atoms with E-state index in [2.05, 4.69) is 12.6 Å². The van der Waals surface area contributed by atoms with Gasteiger partial charge in [-0.3, -0.25) is 4.57 Å². The van der Waals surface area contributed by atoms with E-state index in [0.29, 0.717) is 0 Å². The molecule has 114 valence electrons. The monoisotopic (exact) mass is 313 g/mol. The Morgan fingerprint density at radius 1 is 1.36 bits per heavy atom. The molecule has 0 aliphatic heterocycles. The standard InChI is InChI=1S/C15H19NO.C2H2BOP/c1-12-5-7-13(8-6-12)14(11-16)15(17)9-3-2-4-10-15;1-2(3)5-4/h5-8,14,17H,2-4,9-10H2,1H3;1H2. The van der Waals surface area contributed by atoms with Crippen LogP contribution in [0.2, 0.25) is 0 Å². The molecule has 0 heterocycles. The zero-order valence-corrected chi connectivity index (χ0v) is 13.9. The first-order valence-electron chi connectivity index (χ1n) is 7.39. The number of benzene rings is 1. The Labute approximate surface area is 135 Å². The van der Waals surface area contributed by atoms with Crippen LogP contribution in [0.25, 0.3) is 0 Å². The molecule has 2 radical (unpaired) electrons. The first-order chi connectivity index (χ1) is 10.4. The minimum absolute atomic E-state index is 0.170. The molecule has 1 aromatic rings. The number of hydrogen-bond acceptors (Lipinski definition) is 3. The van der Waals surface area contributed by atoms with Gasteiger partial charge in [-0.05, 0) is 30.5 Å². The summed E-state index contributed by atoms with van der Waals surface area (Å²) in [5.74, 6) is -0.386. The number of rotatable bonds is 3. The molecule has 0 aromatic heterocycles. The zero-order chi connectivity index (χ0) is 16.6. The molecule has 0 bridgehead atoms. The average molecular weight is 313 g/mol. The fourth-order valence-corrected chi connectivity index (χ4v) is 2.72. The second kappa shape index (κ2) is 8.88. The van der Waals surface area contributed by atoms with E-state index < -0.39 is 5.60 Å². The molecule has 0 amide bonds. The molecule has 1 fully saturated rings. The van der Waals surface area contributed by atoms with Gasteiger partial charge >= 0.3 is 0 Å². The van der Waals surface area contributed by atoms with Crippen molar-refractivity contribution >= 4 is 16.3 Å². The van der Waals surface area contributed by atoms with Gasteiger partial charge in [-0.2, -0.15) is 5.26 Å². The maximum Gasteiger partial charge on any atom is 0.175 e. The highest BCUT2D eigenvalue weighted by atomic mass is 31.1. The predicted molar refractivity (Wildman–Crippen MR) is 90.1 cm³/mol. The molecular weight excluding hydrogens is 292 g/mol. The molecule has 2 rings (SSSR count). The highest BCUT2D eigenvalue weighted by Gasteiger charge is 2.38. The smallest absolute Gasteiger partial charge is 0.175 e. The molecule has 1 aliphatic carbocycles. The minimum Gasteiger partial charge on any atom is -0.388 e. The lowest BCUT2D eigenvalue weighted by Crippen LogP contribution is -2.37. The van der Waals surface area contributed by atoms with Crippen LogP contribution in [0.15, 0.2) is 36.1 Å². The van der Waals surface area contributed by atoms with Crippen molar-refractivity contribution in [3.8, 4) is 6.07 Å². The summed E-state index contributed by atoms with van der Waals surface area (Å²) in [5.41, 5.74) is 1.31. The van der Waals surface area contributed by atoms with Crippen LogP contribution in [-0.2, 0) is 4.57 Å². The Balaban J connectivity index is 0.000000422. The van der Waals surface area contributed by atoms with Crippen molar-refractivity contribution in [1.29, 1.82) is 5.26 Å². The number of aliphatic hydroxyl groups is 1. The van der Waals surface area contributed by atoms with Gasteiger partial charge in [-0.15, -0.1) is 0 Å². The second-order valence-electron chi connectivity index (χ2n) is 5.72. The third-order valence-electron chi connectivity index (χ3n) is 3.91. The summed E-state index contributed by atoms with van der Waals surface area (Å²) in [5, 5.41) is 20.2. The Bertz CT molecular complexity index is 545. The highest BCUT2D eigenvalue weighted by Crippen LogP contribution is 2.39. The van der Waals surface area contributed by atoms with Gasteiger partial charge in [-0.1, -0.05) is 55.7 Å². The van der Waals surface area contributed by atoms with Gasteiger partial charge in [0.1, 0.15) is 7.85 Å². The molecule has 1 saturated carbocycles. The summed E-state index contributed by atoms with van der Waals surface area (Å²) in [7, 11) is 4.60. The SMILES string of the molecule is Cc1ccc(C(C#N)C2(O)CCCCC2)cc1.[B]C(=C)P=O. The topological polar surface area (TPSA) is 61.1 Å². The molecule has 3 nitrogen and oxygen atoms in total. The quantitative estimate of drug-likeness (QED) is 0.671. The second-order valence-corrected chi connectivity index (χ2v) is 6.48. The average Bonchev–Trinajstić information content (AvgIpc) is 2.51. The Hall–Kier alpha value is -1.43. The predicted octanol–water partition coefficient (Wildman–Crippen LogP) is 4.22. The first-order valence-corrected chi connectivity index (χ1v) is 8.20. The minimum atomic E-state index is -0.817. The molecular formula is C17H21BNO2P. The van der Waals surface area contributed by atoms with Crippen molar-refractivity contribution in [1.82, 2.24) is 0 Å². The molecule has 5 heteroatoms. The van der Waals surface area contributed by atoms with Crippen LogP contribution in [0, 0.1) is 18.3 Å². The van der Waals surface area contributed by atoms with Crippen LogP contribution >= 0.6 is 8.46 Å². The maximum atomic E-state index is 10.6. The van der Waals surface area contributed by atoms with E-state index in [1.807, 2.05) is 31.2 Å². The Morgan fingerprint density at radius 3 is 2.27 bits per heavy atom. The van der Waals surface area contributed by atoms with Crippen LogP contribution in [0.1, 0.15) is 49.1 Å². The summed E-state index contributed by atoms with van der Waals surface area (Å²) < 4.78 is 9.38. The third-order valence-corrected chi connectivity index (χ3v) is 4.15.